The van der Waals surface area contributed by atoms with Crippen LogP contribution in [0.5, 0.6) is 0 Å². The third-order valence-corrected chi connectivity index (χ3v) is 3.67. The van der Waals surface area contributed by atoms with Gasteiger partial charge < -0.3 is 0 Å². The van der Waals surface area contributed by atoms with Gasteiger partial charge in [0.25, 0.3) is 0 Å². The van der Waals surface area contributed by atoms with E-state index in [-0.39, 0.29) is 16.5 Å². The summed E-state index contributed by atoms with van der Waals surface area (Å²) in [6.07, 6.45) is 2.20. The molecule has 2 aromatic rings. The first kappa shape index (κ1) is 12.8. The first-order valence-corrected chi connectivity index (χ1v) is 6.77. The van der Waals surface area contributed by atoms with Crippen LogP contribution in [-0.2, 0) is 0 Å². The van der Waals surface area contributed by atoms with Gasteiger partial charge >= 0.3 is 0 Å². The van der Waals surface area contributed by atoms with E-state index in [0.29, 0.717) is 6.42 Å². The fourth-order valence-corrected chi connectivity index (χ4v) is 2.81. The molecule has 18 heavy (non-hydrogen) atoms. The Labute approximate surface area is 110 Å². The molecule has 0 amide bonds. The molecule has 1 heterocycles. The standard InChI is InChI=1S/C14H15NO2S/c1-10(2)7-12(15(16)17)8-11-9-18-14-6-4-3-5-13(11)14/h3-6,8-10H,7H2,1-2H3. The normalized spacial score (nSPS) is 12.3. The molecule has 0 fully saturated rings. The zero-order chi connectivity index (χ0) is 13.1. The average Bonchev–Trinajstić information content (AvgIpc) is 2.71. The number of thiophene rings is 1. The Bertz CT molecular complexity index is 599. The lowest BCUT2D eigenvalue weighted by atomic mass is 10.1. The molecule has 3 nitrogen and oxygen atoms in total. The molecule has 0 aliphatic rings. The Morgan fingerprint density at radius 2 is 2.17 bits per heavy atom. The summed E-state index contributed by atoms with van der Waals surface area (Å²) < 4.78 is 1.16. The van der Waals surface area contributed by atoms with Crippen LogP contribution in [0.3, 0.4) is 0 Å². The van der Waals surface area contributed by atoms with Gasteiger partial charge in [-0.15, -0.1) is 11.3 Å². The smallest absolute Gasteiger partial charge is 0.247 e. The molecule has 0 saturated heterocycles. The molecule has 1 aromatic heterocycles. The minimum absolute atomic E-state index is 0.271. The molecular weight excluding hydrogens is 246 g/mol. The molecule has 0 N–H and O–H groups in total. The number of hydrogen-bond acceptors (Lipinski definition) is 3. The van der Waals surface area contributed by atoms with Gasteiger partial charge in [-0.3, -0.25) is 10.1 Å². The highest BCUT2D eigenvalue weighted by Crippen LogP contribution is 2.28. The van der Waals surface area contributed by atoms with E-state index in [1.165, 1.54) is 0 Å². The number of benzene rings is 1. The second kappa shape index (κ2) is 5.31. The van der Waals surface area contributed by atoms with Crippen molar-refractivity contribution in [2.75, 3.05) is 0 Å². The van der Waals surface area contributed by atoms with Crippen molar-refractivity contribution in [1.29, 1.82) is 0 Å². The van der Waals surface area contributed by atoms with Gasteiger partial charge in [0, 0.05) is 17.2 Å². The Hall–Kier alpha value is -1.68. The maximum atomic E-state index is 11.0. The highest BCUT2D eigenvalue weighted by Gasteiger charge is 2.14. The molecule has 0 spiro atoms. The van der Waals surface area contributed by atoms with Crippen LogP contribution in [-0.4, -0.2) is 4.92 Å². The van der Waals surface area contributed by atoms with E-state index in [0.717, 1.165) is 15.6 Å². The molecule has 4 heteroatoms. The molecule has 0 aliphatic carbocycles. The number of nitro groups is 1. The van der Waals surface area contributed by atoms with E-state index in [9.17, 15) is 10.1 Å². The second-order valence-corrected chi connectivity index (χ2v) is 5.59. The summed E-state index contributed by atoms with van der Waals surface area (Å²) in [5.41, 5.74) is 1.23. The van der Waals surface area contributed by atoms with Gasteiger partial charge in [-0.2, -0.15) is 0 Å². The lowest BCUT2D eigenvalue weighted by molar-refractivity contribution is -0.427. The molecular formula is C14H15NO2S. The SMILES string of the molecule is CC(C)CC(=Cc1csc2ccccc12)[N+](=O)[O-]. The molecule has 0 atom stereocenters. The van der Waals surface area contributed by atoms with Crippen LogP contribution in [0.2, 0.25) is 0 Å². The first-order chi connectivity index (χ1) is 8.58. The largest absolute Gasteiger partial charge is 0.259 e. The van der Waals surface area contributed by atoms with Crippen LogP contribution in [0.4, 0.5) is 0 Å². The molecule has 0 radical (unpaired) electrons. The van der Waals surface area contributed by atoms with Crippen molar-refractivity contribution in [3.05, 3.63) is 51.0 Å². The third-order valence-electron chi connectivity index (χ3n) is 2.68. The van der Waals surface area contributed by atoms with Crippen LogP contribution in [0.25, 0.3) is 16.2 Å². The molecule has 0 aliphatic heterocycles. The quantitative estimate of drug-likeness (QED) is 0.598. The number of hydrogen-bond donors (Lipinski definition) is 0. The summed E-state index contributed by atoms with van der Waals surface area (Å²) >= 11 is 1.62. The maximum Gasteiger partial charge on any atom is 0.247 e. The number of rotatable bonds is 4. The Kier molecular flexibility index (Phi) is 3.77. The zero-order valence-electron chi connectivity index (χ0n) is 10.4. The minimum atomic E-state index is -0.271. The lowest BCUT2D eigenvalue weighted by Gasteiger charge is -2.01. The van der Waals surface area contributed by atoms with Crippen LogP contribution >= 0.6 is 11.3 Å². The fraction of sp³-hybridized carbons (Fsp3) is 0.286. The summed E-state index contributed by atoms with van der Waals surface area (Å²) in [5, 5.41) is 14.1. The highest BCUT2D eigenvalue weighted by molar-refractivity contribution is 7.17. The molecule has 0 saturated carbocycles. The van der Waals surface area contributed by atoms with E-state index >= 15 is 0 Å². The Balaban J connectivity index is 2.43. The van der Waals surface area contributed by atoms with Crippen LogP contribution < -0.4 is 0 Å². The minimum Gasteiger partial charge on any atom is -0.259 e. The zero-order valence-corrected chi connectivity index (χ0v) is 11.2. The van der Waals surface area contributed by atoms with Gasteiger partial charge in [0.2, 0.25) is 5.70 Å². The molecule has 0 unspecified atom stereocenters. The average molecular weight is 261 g/mol. The summed E-state index contributed by atoms with van der Waals surface area (Å²) in [4.78, 5) is 10.8. The van der Waals surface area contributed by atoms with Gasteiger partial charge in [0.15, 0.2) is 0 Å². The molecule has 2 rings (SSSR count). The first-order valence-electron chi connectivity index (χ1n) is 5.89. The molecule has 0 bridgehead atoms. The summed E-state index contributed by atoms with van der Waals surface area (Å²) in [6.45, 7) is 3.98. The van der Waals surface area contributed by atoms with Crippen molar-refractivity contribution in [3.63, 3.8) is 0 Å². The van der Waals surface area contributed by atoms with E-state index in [1.54, 1.807) is 17.4 Å². The Morgan fingerprint density at radius 3 is 2.83 bits per heavy atom. The highest BCUT2D eigenvalue weighted by atomic mass is 32.1. The van der Waals surface area contributed by atoms with Gasteiger partial charge in [-0.1, -0.05) is 32.0 Å². The van der Waals surface area contributed by atoms with E-state index in [2.05, 4.69) is 0 Å². The van der Waals surface area contributed by atoms with Crippen LogP contribution in [0.15, 0.2) is 35.3 Å². The van der Waals surface area contributed by atoms with Crippen molar-refractivity contribution >= 4 is 27.5 Å². The summed E-state index contributed by atoms with van der Waals surface area (Å²) in [6, 6.07) is 7.98. The van der Waals surface area contributed by atoms with Gasteiger partial charge in [0.05, 0.1) is 4.92 Å². The van der Waals surface area contributed by atoms with Crippen LogP contribution in [0, 0.1) is 16.0 Å². The molecule has 1 aromatic carbocycles. The van der Waals surface area contributed by atoms with Crippen molar-refractivity contribution in [1.82, 2.24) is 0 Å². The third kappa shape index (κ3) is 2.76. The predicted molar refractivity (Wildman–Crippen MR) is 76.3 cm³/mol. The van der Waals surface area contributed by atoms with E-state index in [4.69, 9.17) is 0 Å². The lowest BCUT2D eigenvalue weighted by Crippen LogP contribution is -2.02. The molecule has 94 valence electrons. The van der Waals surface area contributed by atoms with Crippen molar-refractivity contribution in [2.45, 2.75) is 20.3 Å². The van der Waals surface area contributed by atoms with Crippen molar-refractivity contribution < 1.29 is 4.92 Å². The maximum absolute atomic E-state index is 11.0. The van der Waals surface area contributed by atoms with Crippen LogP contribution in [0.1, 0.15) is 25.8 Å². The predicted octanol–water partition coefficient (Wildman–Crippen LogP) is 4.57. The second-order valence-electron chi connectivity index (χ2n) is 4.68. The van der Waals surface area contributed by atoms with Gasteiger partial charge in [-0.25, -0.2) is 0 Å². The van der Waals surface area contributed by atoms with Gasteiger partial charge in [0.1, 0.15) is 0 Å². The Morgan fingerprint density at radius 1 is 1.44 bits per heavy atom. The number of allylic oxidation sites excluding steroid dienone is 1. The summed E-state index contributed by atoms with van der Waals surface area (Å²) in [5.74, 6) is 0.284. The van der Waals surface area contributed by atoms with Crippen molar-refractivity contribution in [3.8, 4) is 0 Å². The van der Waals surface area contributed by atoms with Gasteiger partial charge in [-0.05, 0) is 28.3 Å². The summed E-state index contributed by atoms with van der Waals surface area (Å²) in [7, 11) is 0. The van der Waals surface area contributed by atoms with E-state index in [1.807, 2.05) is 43.5 Å². The van der Waals surface area contributed by atoms with Crippen molar-refractivity contribution in [2.24, 2.45) is 5.92 Å². The number of nitrogens with zero attached hydrogens (tertiary/aromatic N) is 1. The van der Waals surface area contributed by atoms with E-state index < -0.39 is 0 Å². The monoisotopic (exact) mass is 261 g/mol. The topological polar surface area (TPSA) is 43.1 Å². The fourth-order valence-electron chi connectivity index (χ4n) is 1.89. The number of fused-ring (bicyclic) bond motifs is 1.